The number of carbonyl (C=O) groups excluding carboxylic acids is 1. The standard InChI is InChI=1S/C17H17N3O2/c1-11-18-15-7-6-13(10-16(15)19-11)20-17(21)9-12-4-3-5-14(8-12)22-2/h3-8,10H,9H2,1-2H3,(H,18,19)(H,20,21). The van der Waals surface area contributed by atoms with E-state index in [1.807, 2.05) is 49.4 Å². The van der Waals surface area contributed by atoms with E-state index in [-0.39, 0.29) is 5.91 Å². The number of imidazole rings is 1. The Morgan fingerprint density at radius 2 is 2.14 bits per heavy atom. The van der Waals surface area contributed by atoms with Crippen LogP contribution in [0.5, 0.6) is 5.75 Å². The number of hydrogen-bond donors (Lipinski definition) is 2. The minimum Gasteiger partial charge on any atom is -0.497 e. The quantitative estimate of drug-likeness (QED) is 0.777. The number of carbonyl (C=O) groups is 1. The van der Waals surface area contributed by atoms with Crippen LogP contribution in [0.25, 0.3) is 11.0 Å². The van der Waals surface area contributed by atoms with Crippen LogP contribution in [0.4, 0.5) is 5.69 Å². The molecule has 0 fully saturated rings. The first-order chi connectivity index (χ1) is 10.6. The van der Waals surface area contributed by atoms with E-state index in [0.717, 1.165) is 33.9 Å². The molecule has 0 radical (unpaired) electrons. The zero-order valence-corrected chi connectivity index (χ0v) is 12.5. The van der Waals surface area contributed by atoms with E-state index in [1.54, 1.807) is 7.11 Å². The third-order valence-electron chi connectivity index (χ3n) is 3.38. The minimum absolute atomic E-state index is 0.0659. The molecule has 0 atom stereocenters. The number of nitrogens with one attached hydrogen (secondary N) is 2. The van der Waals surface area contributed by atoms with E-state index in [9.17, 15) is 4.79 Å². The van der Waals surface area contributed by atoms with Crippen LogP contribution in [0.2, 0.25) is 0 Å². The molecule has 3 rings (SSSR count). The fourth-order valence-corrected chi connectivity index (χ4v) is 2.39. The zero-order chi connectivity index (χ0) is 15.5. The molecule has 2 N–H and O–H groups in total. The monoisotopic (exact) mass is 295 g/mol. The number of benzene rings is 2. The number of methoxy groups -OCH3 is 1. The molecule has 1 aromatic heterocycles. The van der Waals surface area contributed by atoms with Crippen LogP contribution in [0, 0.1) is 6.92 Å². The van der Waals surface area contributed by atoms with Gasteiger partial charge < -0.3 is 15.0 Å². The van der Waals surface area contributed by atoms with Crippen LogP contribution in [-0.4, -0.2) is 23.0 Å². The van der Waals surface area contributed by atoms with Crippen molar-refractivity contribution in [3.8, 4) is 5.75 Å². The minimum atomic E-state index is -0.0659. The van der Waals surface area contributed by atoms with Gasteiger partial charge in [-0.3, -0.25) is 4.79 Å². The number of anilines is 1. The lowest BCUT2D eigenvalue weighted by atomic mass is 10.1. The second kappa shape index (κ2) is 5.89. The Hall–Kier alpha value is -2.82. The number of hydrogen-bond acceptors (Lipinski definition) is 3. The number of H-pyrrole nitrogens is 1. The molecule has 0 unspecified atom stereocenters. The summed E-state index contributed by atoms with van der Waals surface area (Å²) < 4.78 is 5.16. The first-order valence-corrected chi connectivity index (χ1v) is 7.03. The summed E-state index contributed by atoms with van der Waals surface area (Å²) in [6.07, 6.45) is 0.303. The Morgan fingerprint density at radius 3 is 2.95 bits per heavy atom. The fraction of sp³-hybridized carbons (Fsp3) is 0.176. The van der Waals surface area contributed by atoms with Gasteiger partial charge in [0.25, 0.3) is 0 Å². The van der Waals surface area contributed by atoms with Crippen LogP contribution >= 0.6 is 0 Å². The van der Waals surface area contributed by atoms with E-state index >= 15 is 0 Å². The van der Waals surface area contributed by atoms with Gasteiger partial charge in [-0.2, -0.15) is 0 Å². The van der Waals surface area contributed by atoms with E-state index in [4.69, 9.17) is 4.74 Å². The van der Waals surface area contributed by atoms with Crippen molar-refractivity contribution in [3.05, 3.63) is 53.9 Å². The van der Waals surface area contributed by atoms with Crippen molar-refractivity contribution in [1.29, 1.82) is 0 Å². The van der Waals surface area contributed by atoms with E-state index < -0.39 is 0 Å². The van der Waals surface area contributed by atoms with Crippen molar-refractivity contribution >= 4 is 22.6 Å². The van der Waals surface area contributed by atoms with Crippen molar-refractivity contribution in [1.82, 2.24) is 9.97 Å². The van der Waals surface area contributed by atoms with Gasteiger partial charge in [0.2, 0.25) is 5.91 Å². The Kier molecular flexibility index (Phi) is 3.78. The molecule has 0 spiro atoms. The molecule has 22 heavy (non-hydrogen) atoms. The summed E-state index contributed by atoms with van der Waals surface area (Å²) in [7, 11) is 1.61. The number of rotatable bonds is 4. The molecule has 0 aliphatic heterocycles. The van der Waals surface area contributed by atoms with Crippen LogP contribution in [0.15, 0.2) is 42.5 Å². The summed E-state index contributed by atoms with van der Waals surface area (Å²) >= 11 is 0. The molecule has 2 aromatic carbocycles. The highest BCUT2D eigenvalue weighted by Gasteiger charge is 2.07. The first-order valence-electron chi connectivity index (χ1n) is 7.03. The maximum Gasteiger partial charge on any atom is 0.228 e. The molecular formula is C17H17N3O2. The van der Waals surface area contributed by atoms with Crippen molar-refractivity contribution in [2.24, 2.45) is 0 Å². The number of aromatic nitrogens is 2. The smallest absolute Gasteiger partial charge is 0.228 e. The van der Waals surface area contributed by atoms with Crippen LogP contribution in [0.1, 0.15) is 11.4 Å². The first kappa shape index (κ1) is 14.1. The zero-order valence-electron chi connectivity index (χ0n) is 12.5. The summed E-state index contributed by atoms with van der Waals surface area (Å²) in [5.41, 5.74) is 3.47. The molecular weight excluding hydrogens is 278 g/mol. The lowest BCUT2D eigenvalue weighted by molar-refractivity contribution is -0.115. The summed E-state index contributed by atoms with van der Waals surface area (Å²) in [6.45, 7) is 1.90. The molecule has 3 aromatic rings. The maximum absolute atomic E-state index is 12.1. The lowest BCUT2D eigenvalue weighted by Crippen LogP contribution is -2.14. The SMILES string of the molecule is COc1cccc(CC(=O)Nc2ccc3nc(C)[nH]c3c2)c1. The lowest BCUT2D eigenvalue weighted by Gasteiger charge is -2.06. The van der Waals surface area contributed by atoms with Crippen molar-refractivity contribution < 1.29 is 9.53 Å². The summed E-state index contributed by atoms with van der Waals surface area (Å²) in [5, 5.41) is 2.90. The molecule has 112 valence electrons. The van der Waals surface area contributed by atoms with Crippen LogP contribution in [0.3, 0.4) is 0 Å². The van der Waals surface area contributed by atoms with Gasteiger partial charge in [0.1, 0.15) is 11.6 Å². The highest BCUT2D eigenvalue weighted by atomic mass is 16.5. The molecule has 5 nitrogen and oxygen atoms in total. The number of amides is 1. The Morgan fingerprint density at radius 1 is 1.27 bits per heavy atom. The second-order valence-electron chi connectivity index (χ2n) is 5.13. The van der Waals surface area contributed by atoms with Gasteiger partial charge in [-0.25, -0.2) is 4.98 Å². The van der Waals surface area contributed by atoms with Gasteiger partial charge in [-0.05, 0) is 42.8 Å². The van der Waals surface area contributed by atoms with E-state index in [1.165, 1.54) is 0 Å². The van der Waals surface area contributed by atoms with Gasteiger partial charge >= 0.3 is 0 Å². The second-order valence-corrected chi connectivity index (χ2v) is 5.13. The topological polar surface area (TPSA) is 67.0 Å². The van der Waals surface area contributed by atoms with Crippen LogP contribution < -0.4 is 10.1 Å². The maximum atomic E-state index is 12.1. The third kappa shape index (κ3) is 3.09. The van der Waals surface area contributed by atoms with Gasteiger partial charge in [-0.1, -0.05) is 12.1 Å². The summed E-state index contributed by atoms with van der Waals surface area (Å²) in [5.74, 6) is 1.54. The summed E-state index contributed by atoms with van der Waals surface area (Å²) in [4.78, 5) is 19.6. The van der Waals surface area contributed by atoms with Crippen molar-refractivity contribution in [3.63, 3.8) is 0 Å². The Balaban J connectivity index is 1.71. The molecule has 5 heteroatoms. The average Bonchev–Trinajstić information content (AvgIpc) is 2.86. The fourth-order valence-electron chi connectivity index (χ4n) is 2.39. The third-order valence-corrected chi connectivity index (χ3v) is 3.38. The summed E-state index contributed by atoms with van der Waals surface area (Å²) in [6, 6.07) is 13.1. The highest BCUT2D eigenvalue weighted by molar-refractivity contribution is 5.94. The van der Waals surface area contributed by atoms with Gasteiger partial charge in [-0.15, -0.1) is 0 Å². The number of aryl methyl sites for hydroxylation is 1. The van der Waals surface area contributed by atoms with Gasteiger partial charge in [0.15, 0.2) is 0 Å². The molecule has 1 heterocycles. The Bertz CT molecular complexity index is 824. The van der Waals surface area contributed by atoms with E-state index in [0.29, 0.717) is 6.42 Å². The highest BCUT2D eigenvalue weighted by Crippen LogP contribution is 2.18. The number of aromatic amines is 1. The molecule has 0 aliphatic rings. The van der Waals surface area contributed by atoms with Gasteiger partial charge in [0, 0.05) is 5.69 Å². The van der Waals surface area contributed by atoms with Crippen molar-refractivity contribution in [2.45, 2.75) is 13.3 Å². The predicted octanol–water partition coefficient (Wildman–Crippen LogP) is 3.06. The van der Waals surface area contributed by atoms with Gasteiger partial charge in [0.05, 0.1) is 24.6 Å². The average molecular weight is 295 g/mol. The number of fused-ring (bicyclic) bond motifs is 1. The molecule has 0 aliphatic carbocycles. The molecule has 0 bridgehead atoms. The normalized spacial score (nSPS) is 10.6. The molecule has 0 saturated carbocycles. The predicted molar refractivity (Wildman–Crippen MR) is 86.2 cm³/mol. The van der Waals surface area contributed by atoms with Crippen molar-refractivity contribution in [2.75, 3.05) is 12.4 Å². The Labute approximate surface area is 128 Å². The van der Waals surface area contributed by atoms with E-state index in [2.05, 4.69) is 15.3 Å². The number of nitrogens with zero attached hydrogens (tertiary/aromatic N) is 1. The molecule has 1 amide bonds. The number of ether oxygens (including phenoxy) is 1. The largest absolute Gasteiger partial charge is 0.497 e. The van der Waals surface area contributed by atoms with Crippen LogP contribution in [-0.2, 0) is 11.2 Å². The molecule has 0 saturated heterocycles.